The minimum atomic E-state index is -0.785. The fourth-order valence-electron chi connectivity index (χ4n) is 2.30. The van der Waals surface area contributed by atoms with Crippen LogP contribution >= 0.6 is 0 Å². The third-order valence-electron chi connectivity index (χ3n) is 3.36. The first kappa shape index (κ1) is 14.0. The van der Waals surface area contributed by atoms with Crippen LogP contribution in [-0.2, 0) is 9.59 Å². The van der Waals surface area contributed by atoms with Gasteiger partial charge in [-0.2, -0.15) is 0 Å². The van der Waals surface area contributed by atoms with Crippen LogP contribution in [-0.4, -0.2) is 23.5 Å². The summed E-state index contributed by atoms with van der Waals surface area (Å²) in [7, 11) is 0. The van der Waals surface area contributed by atoms with E-state index in [1.54, 1.807) is 0 Å². The zero-order chi connectivity index (χ0) is 12.5. The molecule has 98 valence electrons. The molecule has 4 nitrogen and oxygen atoms in total. The maximum absolute atomic E-state index is 11.5. The van der Waals surface area contributed by atoms with Gasteiger partial charge in [0.2, 0.25) is 5.91 Å². The van der Waals surface area contributed by atoms with Gasteiger partial charge in [0, 0.05) is 19.4 Å². The van der Waals surface area contributed by atoms with Crippen LogP contribution in [0.25, 0.3) is 0 Å². The number of hydrogen-bond donors (Lipinski definition) is 2. The summed E-state index contributed by atoms with van der Waals surface area (Å²) in [5, 5.41) is 11.4. The minimum Gasteiger partial charge on any atom is -0.481 e. The fourth-order valence-corrected chi connectivity index (χ4v) is 2.30. The number of carboxylic acid groups (broad SMARTS) is 1. The predicted molar refractivity (Wildman–Crippen MR) is 65.7 cm³/mol. The highest BCUT2D eigenvalue weighted by Gasteiger charge is 2.13. The molecule has 2 N–H and O–H groups in total. The molecule has 0 atom stereocenters. The second kappa shape index (κ2) is 8.09. The molecule has 0 aromatic heterocycles. The van der Waals surface area contributed by atoms with Gasteiger partial charge in [0.15, 0.2) is 0 Å². The van der Waals surface area contributed by atoms with Crippen LogP contribution < -0.4 is 5.32 Å². The van der Waals surface area contributed by atoms with Gasteiger partial charge in [-0.1, -0.05) is 19.3 Å². The van der Waals surface area contributed by atoms with E-state index in [-0.39, 0.29) is 12.3 Å². The summed E-state index contributed by atoms with van der Waals surface area (Å²) < 4.78 is 0. The molecule has 0 spiro atoms. The van der Waals surface area contributed by atoms with E-state index in [2.05, 4.69) is 5.32 Å². The Labute approximate surface area is 103 Å². The lowest BCUT2D eigenvalue weighted by Crippen LogP contribution is -2.30. The molecule has 0 saturated heterocycles. The van der Waals surface area contributed by atoms with Gasteiger partial charge < -0.3 is 10.4 Å². The molecule has 1 aliphatic carbocycles. The van der Waals surface area contributed by atoms with Gasteiger partial charge in [-0.3, -0.25) is 9.59 Å². The maximum atomic E-state index is 11.5. The number of carbonyl (C=O) groups is 2. The van der Waals surface area contributed by atoms with Crippen molar-refractivity contribution >= 4 is 11.9 Å². The van der Waals surface area contributed by atoms with Crippen molar-refractivity contribution in [1.29, 1.82) is 0 Å². The lowest BCUT2D eigenvalue weighted by atomic mass is 9.89. The molecule has 4 heteroatoms. The molecule has 1 aliphatic rings. The Morgan fingerprint density at radius 3 is 2.35 bits per heavy atom. The van der Waals surface area contributed by atoms with Gasteiger partial charge in [-0.15, -0.1) is 0 Å². The van der Waals surface area contributed by atoms with Crippen molar-refractivity contribution in [3.8, 4) is 0 Å². The van der Waals surface area contributed by atoms with Crippen molar-refractivity contribution in [3.05, 3.63) is 0 Å². The fraction of sp³-hybridized carbons (Fsp3) is 0.846. The van der Waals surface area contributed by atoms with Gasteiger partial charge in [0.25, 0.3) is 0 Å². The Balaban J connectivity index is 1.98. The molecule has 0 heterocycles. The van der Waals surface area contributed by atoms with E-state index >= 15 is 0 Å². The Morgan fingerprint density at radius 1 is 1.06 bits per heavy atom. The first-order chi connectivity index (χ1) is 8.18. The number of carbonyl (C=O) groups excluding carboxylic acids is 1. The third kappa shape index (κ3) is 6.97. The zero-order valence-corrected chi connectivity index (χ0v) is 10.4. The second-order valence-corrected chi connectivity index (χ2v) is 4.91. The van der Waals surface area contributed by atoms with Crippen LogP contribution in [0.2, 0.25) is 0 Å². The molecular weight excluding hydrogens is 218 g/mol. The number of aliphatic carboxylic acids is 1. The SMILES string of the molecule is O=C(O)CCCCC(=O)NCC1CCCCC1. The summed E-state index contributed by atoms with van der Waals surface area (Å²) in [5.74, 6) is -0.0553. The van der Waals surface area contributed by atoms with Crippen molar-refractivity contribution in [2.75, 3.05) is 6.54 Å². The minimum absolute atomic E-state index is 0.0703. The second-order valence-electron chi connectivity index (χ2n) is 4.91. The normalized spacial score (nSPS) is 16.7. The van der Waals surface area contributed by atoms with Crippen LogP contribution in [0.5, 0.6) is 0 Å². The van der Waals surface area contributed by atoms with Crippen molar-refractivity contribution in [2.45, 2.75) is 57.8 Å². The average molecular weight is 241 g/mol. The van der Waals surface area contributed by atoms with E-state index in [1.807, 2.05) is 0 Å². The van der Waals surface area contributed by atoms with E-state index in [0.29, 0.717) is 25.2 Å². The molecule has 0 unspecified atom stereocenters. The Morgan fingerprint density at radius 2 is 1.71 bits per heavy atom. The first-order valence-electron chi connectivity index (χ1n) is 6.67. The van der Waals surface area contributed by atoms with E-state index in [1.165, 1.54) is 32.1 Å². The Bertz CT molecular complexity index is 247. The Hall–Kier alpha value is -1.06. The summed E-state index contributed by atoms with van der Waals surface area (Å²) in [4.78, 5) is 21.7. The van der Waals surface area contributed by atoms with Crippen molar-refractivity contribution < 1.29 is 14.7 Å². The van der Waals surface area contributed by atoms with E-state index in [0.717, 1.165) is 6.54 Å². The molecule has 0 aromatic carbocycles. The topological polar surface area (TPSA) is 66.4 Å². The van der Waals surface area contributed by atoms with Crippen LogP contribution in [0.3, 0.4) is 0 Å². The van der Waals surface area contributed by atoms with Crippen LogP contribution in [0.4, 0.5) is 0 Å². The third-order valence-corrected chi connectivity index (χ3v) is 3.36. The summed E-state index contributed by atoms with van der Waals surface area (Å²) in [6, 6.07) is 0. The van der Waals surface area contributed by atoms with Crippen molar-refractivity contribution in [3.63, 3.8) is 0 Å². The van der Waals surface area contributed by atoms with Crippen LogP contribution in [0.15, 0.2) is 0 Å². The number of hydrogen-bond acceptors (Lipinski definition) is 2. The standard InChI is InChI=1S/C13H23NO3/c15-12(8-4-5-9-13(16)17)14-10-11-6-2-1-3-7-11/h11H,1-10H2,(H,14,15)(H,16,17). The van der Waals surface area contributed by atoms with E-state index < -0.39 is 5.97 Å². The average Bonchev–Trinajstić information content (AvgIpc) is 2.33. The van der Waals surface area contributed by atoms with E-state index in [9.17, 15) is 9.59 Å². The molecule has 0 aliphatic heterocycles. The van der Waals surface area contributed by atoms with Gasteiger partial charge in [-0.25, -0.2) is 0 Å². The maximum Gasteiger partial charge on any atom is 0.303 e. The molecule has 1 rings (SSSR count). The van der Waals surface area contributed by atoms with Crippen molar-refractivity contribution in [1.82, 2.24) is 5.32 Å². The van der Waals surface area contributed by atoms with Gasteiger partial charge >= 0.3 is 5.97 Å². The van der Waals surface area contributed by atoms with Gasteiger partial charge in [-0.05, 0) is 31.6 Å². The number of carboxylic acids is 1. The van der Waals surface area contributed by atoms with Gasteiger partial charge in [0.1, 0.15) is 0 Å². The summed E-state index contributed by atoms with van der Waals surface area (Å²) in [6.07, 6.45) is 8.27. The molecule has 17 heavy (non-hydrogen) atoms. The largest absolute Gasteiger partial charge is 0.481 e. The zero-order valence-electron chi connectivity index (χ0n) is 10.4. The number of unbranched alkanes of at least 4 members (excludes halogenated alkanes) is 1. The monoisotopic (exact) mass is 241 g/mol. The summed E-state index contributed by atoms with van der Waals surface area (Å²) >= 11 is 0. The Kier molecular flexibility index (Phi) is 6.67. The summed E-state index contributed by atoms with van der Waals surface area (Å²) in [6.45, 7) is 0.803. The highest BCUT2D eigenvalue weighted by molar-refractivity contribution is 5.75. The predicted octanol–water partition coefficient (Wildman–Crippen LogP) is 2.33. The quantitative estimate of drug-likeness (QED) is 0.672. The highest BCUT2D eigenvalue weighted by atomic mass is 16.4. The lowest BCUT2D eigenvalue weighted by Gasteiger charge is -2.21. The first-order valence-corrected chi connectivity index (χ1v) is 6.67. The molecule has 1 amide bonds. The van der Waals surface area contributed by atoms with E-state index in [4.69, 9.17) is 5.11 Å². The van der Waals surface area contributed by atoms with Crippen molar-refractivity contribution in [2.24, 2.45) is 5.92 Å². The van der Waals surface area contributed by atoms with Gasteiger partial charge in [0.05, 0.1) is 0 Å². The smallest absolute Gasteiger partial charge is 0.303 e. The highest BCUT2D eigenvalue weighted by Crippen LogP contribution is 2.22. The summed E-state index contributed by atoms with van der Waals surface area (Å²) in [5.41, 5.74) is 0. The molecule has 1 fully saturated rings. The molecule has 0 radical (unpaired) electrons. The van der Waals surface area contributed by atoms with Crippen LogP contribution in [0, 0.1) is 5.92 Å². The number of amides is 1. The number of rotatable bonds is 7. The molecular formula is C13H23NO3. The lowest BCUT2D eigenvalue weighted by molar-refractivity contribution is -0.137. The molecule has 1 saturated carbocycles. The molecule has 0 bridgehead atoms. The molecule has 0 aromatic rings. The number of nitrogens with one attached hydrogen (secondary N) is 1. The van der Waals surface area contributed by atoms with Crippen LogP contribution in [0.1, 0.15) is 57.8 Å².